The molecule has 1 N–H and O–H groups in total. The van der Waals surface area contributed by atoms with Crippen molar-refractivity contribution in [3.63, 3.8) is 0 Å². The summed E-state index contributed by atoms with van der Waals surface area (Å²) in [6, 6.07) is 15.9. The highest BCUT2D eigenvalue weighted by Gasteiger charge is 2.21. The van der Waals surface area contributed by atoms with Crippen molar-refractivity contribution < 1.29 is 13.2 Å². The van der Waals surface area contributed by atoms with E-state index in [-0.39, 0.29) is 0 Å². The number of hydrogen-bond acceptors (Lipinski definition) is 7. The summed E-state index contributed by atoms with van der Waals surface area (Å²) in [6.07, 6.45) is 8.66. The fourth-order valence-corrected chi connectivity index (χ4v) is 5.95. The minimum absolute atomic E-state index is 0.343. The SMILES string of the molecule is COc1cncnc1N1CCN(CCCc2c[nH]c3ccc(CN(Cc4ccccc4)S(C)(=O)=O)cc23)CC1. The number of fused-ring (bicyclic) bond motifs is 1. The monoisotopic (exact) mass is 548 g/mol. The molecular weight excluding hydrogens is 512 g/mol. The van der Waals surface area contributed by atoms with Crippen molar-refractivity contribution in [3.05, 3.63) is 83.9 Å². The van der Waals surface area contributed by atoms with Crippen LogP contribution < -0.4 is 9.64 Å². The number of aromatic amines is 1. The van der Waals surface area contributed by atoms with Crippen LogP contribution in [0.2, 0.25) is 0 Å². The maximum atomic E-state index is 12.5. The number of H-pyrrole nitrogens is 1. The molecule has 0 atom stereocenters. The summed E-state index contributed by atoms with van der Waals surface area (Å²) in [7, 11) is -1.71. The first-order valence-electron chi connectivity index (χ1n) is 13.3. The molecule has 0 unspecified atom stereocenters. The second-order valence-electron chi connectivity index (χ2n) is 10.1. The van der Waals surface area contributed by atoms with E-state index in [9.17, 15) is 8.42 Å². The van der Waals surface area contributed by atoms with E-state index in [0.29, 0.717) is 18.8 Å². The summed E-state index contributed by atoms with van der Waals surface area (Å²) in [5, 5.41) is 1.17. The van der Waals surface area contributed by atoms with E-state index in [1.807, 2.05) is 36.4 Å². The summed E-state index contributed by atoms with van der Waals surface area (Å²) in [6.45, 7) is 5.50. The number of aromatic nitrogens is 3. The van der Waals surface area contributed by atoms with Gasteiger partial charge < -0.3 is 14.6 Å². The molecule has 4 aromatic rings. The Bertz CT molecular complexity index is 1480. The van der Waals surface area contributed by atoms with Crippen LogP contribution in [0.1, 0.15) is 23.1 Å². The molecule has 2 aromatic carbocycles. The van der Waals surface area contributed by atoms with Crippen LogP contribution in [0, 0.1) is 0 Å². The van der Waals surface area contributed by atoms with Gasteiger partial charge >= 0.3 is 0 Å². The Hall–Kier alpha value is -3.47. The quantitative estimate of drug-likeness (QED) is 0.306. The molecule has 1 fully saturated rings. The Kier molecular flexibility index (Phi) is 8.44. The first kappa shape index (κ1) is 27.1. The Morgan fingerprint density at radius 3 is 2.54 bits per heavy atom. The van der Waals surface area contributed by atoms with Gasteiger partial charge in [-0.15, -0.1) is 0 Å². The lowest BCUT2D eigenvalue weighted by molar-refractivity contribution is 0.253. The molecule has 0 aliphatic carbocycles. The van der Waals surface area contributed by atoms with Crippen molar-refractivity contribution in [2.24, 2.45) is 0 Å². The number of nitrogens with one attached hydrogen (secondary N) is 1. The third kappa shape index (κ3) is 6.76. The van der Waals surface area contributed by atoms with E-state index in [1.54, 1.807) is 19.6 Å². The van der Waals surface area contributed by atoms with E-state index >= 15 is 0 Å². The summed E-state index contributed by atoms with van der Waals surface area (Å²) in [5.74, 6) is 1.57. The zero-order chi connectivity index (χ0) is 27.2. The van der Waals surface area contributed by atoms with Gasteiger partial charge in [0.05, 0.1) is 19.6 Å². The normalized spacial score (nSPS) is 14.8. The Morgan fingerprint density at radius 1 is 1.03 bits per heavy atom. The Labute approximate surface area is 230 Å². The summed E-state index contributed by atoms with van der Waals surface area (Å²) >= 11 is 0. The highest BCUT2D eigenvalue weighted by molar-refractivity contribution is 7.88. The number of hydrogen-bond donors (Lipinski definition) is 1. The number of aryl methyl sites for hydroxylation is 1. The molecule has 10 heteroatoms. The molecule has 1 saturated heterocycles. The van der Waals surface area contributed by atoms with Crippen LogP contribution in [0.3, 0.4) is 0 Å². The Balaban J connectivity index is 1.18. The van der Waals surface area contributed by atoms with Crippen molar-refractivity contribution in [2.45, 2.75) is 25.9 Å². The minimum atomic E-state index is -3.36. The Morgan fingerprint density at radius 2 is 1.79 bits per heavy atom. The molecule has 1 aliphatic heterocycles. The second-order valence-corrected chi connectivity index (χ2v) is 12.0. The number of nitrogens with zero attached hydrogens (tertiary/aromatic N) is 5. The molecule has 2 aromatic heterocycles. The van der Waals surface area contributed by atoms with Crippen LogP contribution in [0.25, 0.3) is 10.9 Å². The van der Waals surface area contributed by atoms with Crippen LogP contribution in [0.4, 0.5) is 5.82 Å². The molecule has 0 bridgehead atoms. The van der Waals surface area contributed by atoms with Crippen LogP contribution in [-0.4, -0.2) is 78.7 Å². The zero-order valence-corrected chi connectivity index (χ0v) is 23.4. The molecule has 0 amide bonds. The van der Waals surface area contributed by atoms with Gasteiger partial charge in [-0.1, -0.05) is 36.4 Å². The molecule has 0 spiro atoms. The van der Waals surface area contributed by atoms with Crippen molar-refractivity contribution in [3.8, 4) is 5.75 Å². The lowest BCUT2D eigenvalue weighted by Gasteiger charge is -2.35. The molecular formula is C29H36N6O3S. The third-order valence-electron chi connectivity index (χ3n) is 7.33. The molecule has 0 radical (unpaired) electrons. The van der Waals surface area contributed by atoms with E-state index in [0.717, 1.165) is 68.0 Å². The zero-order valence-electron chi connectivity index (χ0n) is 22.6. The van der Waals surface area contributed by atoms with Crippen molar-refractivity contribution in [2.75, 3.05) is 51.0 Å². The number of anilines is 1. The summed E-state index contributed by atoms with van der Waals surface area (Å²) < 4.78 is 32.0. The maximum absolute atomic E-state index is 12.5. The number of rotatable bonds is 11. The molecule has 206 valence electrons. The highest BCUT2D eigenvalue weighted by atomic mass is 32.2. The van der Waals surface area contributed by atoms with Gasteiger partial charge in [0.2, 0.25) is 10.0 Å². The molecule has 9 nitrogen and oxygen atoms in total. The highest BCUT2D eigenvalue weighted by Crippen LogP contribution is 2.26. The molecule has 0 saturated carbocycles. The van der Waals surface area contributed by atoms with Gasteiger partial charge in [0.15, 0.2) is 11.6 Å². The van der Waals surface area contributed by atoms with Crippen LogP contribution in [0.5, 0.6) is 5.75 Å². The first-order chi connectivity index (χ1) is 18.9. The van der Waals surface area contributed by atoms with E-state index in [2.05, 4.69) is 43.1 Å². The number of piperazine rings is 1. The standard InChI is InChI=1S/C29H36N6O3S/c1-38-28-19-30-22-32-29(28)34-15-13-33(14-16-34)12-6-9-25-18-31-27-11-10-24(17-26(25)27)21-35(39(2,36)37)20-23-7-4-3-5-8-23/h3-5,7-8,10-11,17-19,22,31H,6,9,12-16,20-21H2,1-2H3. The second kappa shape index (κ2) is 12.1. The van der Waals surface area contributed by atoms with Gasteiger partial charge in [-0.2, -0.15) is 4.31 Å². The van der Waals surface area contributed by atoms with Gasteiger partial charge in [0, 0.05) is 56.4 Å². The largest absolute Gasteiger partial charge is 0.491 e. The maximum Gasteiger partial charge on any atom is 0.211 e. The van der Waals surface area contributed by atoms with E-state index < -0.39 is 10.0 Å². The van der Waals surface area contributed by atoms with Crippen LogP contribution in [0.15, 0.2) is 67.3 Å². The van der Waals surface area contributed by atoms with Crippen molar-refractivity contribution in [1.82, 2.24) is 24.2 Å². The van der Waals surface area contributed by atoms with E-state index in [1.165, 1.54) is 21.5 Å². The molecule has 39 heavy (non-hydrogen) atoms. The number of sulfonamides is 1. The smallest absolute Gasteiger partial charge is 0.211 e. The molecule has 1 aliphatic rings. The average Bonchev–Trinajstić information content (AvgIpc) is 3.35. The molecule has 5 rings (SSSR count). The number of ether oxygens (including phenoxy) is 1. The summed E-state index contributed by atoms with van der Waals surface area (Å²) in [5.41, 5.74) is 4.31. The van der Waals surface area contributed by atoms with Gasteiger partial charge in [-0.3, -0.25) is 4.90 Å². The minimum Gasteiger partial charge on any atom is -0.491 e. The lowest BCUT2D eigenvalue weighted by Crippen LogP contribution is -2.47. The van der Waals surface area contributed by atoms with Gasteiger partial charge in [-0.05, 0) is 48.2 Å². The van der Waals surface area contributed by atoms with Crippen LogP contribution >= 0.6 is 0 Å². The van der Waals surface area contributed by atoms with Crippen molar-refractivity contribution in [1.29, 1.82) is 0 Å². The van der Waals surface area contributed by atoms with Gasteiger partial charge in [-0.25, -0.2) is 18.4 Å². The fourth-order valence-electron chi connectivity index (χ4n) is 5.18. The predicted octanol–water partition coefficient (Wildman–Crippen LogP) is 3.68. The third-order valence-corrected chi connectivity index (χ3v) is 8.53. The fraction of sp³-hybridized carbons (Fsp3) is 0.379. The average molecular weight is 549 g/mol. The first-order valence-corrected chi connectivity index (χ1v) is 15.1. The number of methoxy groups -OCH3 is 1. The van der Waals surface area contributed by atoms with Gasteiger partial charge in [0.1, 0.15) is 6.33 Å². The predicted molar refractivity (Wildman–Crippen MR) is 154 cm³/mol. The van der Waals surface area contributed by atoms with Crippen LogP contribution in [-0.2, 0) is 29.5 Å². The number of benzene rings is 2. The van der Waals surface area contributed by atoms with Gasteiger partial charge in [0.25, 0.3) is 0 Å². The topological polar surface area (TPSA) is 94.7 Å². The molecule has 3 heterocycles. The lowest BCUT2D eigenvalue weighted by atomic mass is 10.1. The van der Waals surface area contributed by atoms with Crippen molar-refractivity contribution >= 4 is 26.7 Å². The summed E-state index contributed by atoms with van der Waals surface area (Å²) in [4.78, 5) is 16.6. The van der Waals surface area contributed by atoms with E-state index in [4.69, 9.17) is 4.74 Å².